The van der Waals surface area contributed by atoms with Gasteiger partial charge in [-0.05, 0) is 49.2 Å². The first-order chi connectivity index (χ1) is 11.0. The zero-order valence-electron chi connectivity index (χ0n) is 13.2. The molecule has 0 saturated heterocycles. The van der Waals surface area contributed by atoms with Crippen molar-refractivity contribution in [2.45, 2.75) is 26.8 Å². The van der Waals surface area contributed by atoms with Crippen LogP contribution in [0.4, 0.5) is 0 Å². The van der Waals surface area contributed by atoms with Crippen molar-refractivity contribution >= 4 is 28.4 Å². The topological polar surface area (TPSA) is 44.9 Å². The van der Waals surface area contributed by atoms with Crippen LogP contribution in [0.15, 0.2) is 42.5 Å². The second kappa shape index (κ2) is 6.47. The van der Waals surface area contributed by atoms with Gasteiger partial charge in [0, 0.05) is 28.2 Å². The van der Waals surface area contributed by atoms with Gasteiger partial charge in [-0.2, -0.15) is 0 Å². The lowest BCUT2D eigenvalue weighted by atomic mass is 10.1. The van der Waals surface area contributed by atoms with E-state index in [1.54, 1.807) is 0 Å². The average molecular weight is 327 g/mol. The first-order valence-corrected chi connectivity index (χ1v) is 7.99. The Morgan fingerprint density at radius 2 is 1.87 bits per heavy atom. The second-order valence-electron chi connectivity index (χ2n) is 5.86. The molecule has 0 fully saturated rings. The van der Waals surface area contributed by atoms with Crippen LogP contribution < -0.4 is 5.32 Å². The minimum Gasteiger partial charge on any atom is -0.358 e. The quantitative estimate of drug-likeness (QED) is 0.737. The Kier molecular flexibility index (Phi) is 4.39. The van der Waals surface area contributed by atoms with Crippen LogP contribution in [-0.2, 0) is 17.8 Å². The molecule has 0 spiro atoms. The Hall–Kier alpha value is -2.26. The number of aromatic amines is 1. The molecule has 0 unspecified atom stereocenters. The highest BCUT2D eigenvalue weighted by molar-refractivity contribution is 6.30. The number of hydrogen-bond acceptors (Lipinski definition) is 1. The fourth-order valence-electron chi connectivity index (χ4n) is 2.75. The normalized spacial score (nSPS) is 10.9. The summed E-state index contributed by atoms with van der Waals surface area (Å²) in [6, 6.07) is 13.8. The van der Waals surface area contributed by atoms with Gasteiger partial charge in [0.1, 0.15) is 0 Å². The van der Waals surface area contributed by atoms with Gasteiger partial charge in [0.15, 0.2) is 0 Å². The summed E-state index contributed by atoms with van der Waals surface area (Å²) in [4.78, 5) is 15.6. The lowest BCUT2D eigenvalue weighted by Crippen LogP contribution is -2.24. The number of fused-ring (bicyclic) bond motifs is 1. The largest absolute Gasteiger partial charge is 0.358 e. The van der Waals surface area contributed by atoms with Gasteiger partial charge < -0.3 is 10.3 Å². The van der Waals surface area contributed by atoms with Gasteiger partial charge in [-0.15, -0.1) is 0 Å². The van der Waals surface area contributed by atoms with E-state index in [4.69, 9.17) is 11.6 Å². The molecule has 0 saturated carbocycles. The molecule has 0 aliphatic rings. The molecular weight excluding hydrogens is 308 g/mol. The van der Waals surface area contributed by atoms with Crippen LogP contribution in [-0.4, -0.2) is 10.9 Å². The molecule has 0 atom stereocenters. The van der Waals surface area contributed by atoms with E-state index < -0.39 is 0 Å². The number of amides is 1. The molecule has 3 rings (SSSR count). The molecule has 23 heavy (non-hydrogen) atoms. The predicted octanol–water partition coefficient (Wildman–Crippen LogP) is 4.30. The zero-order valence-corrected chi connectivity index (χ0v) is 14.0. The Balaban J connectivity index is 1.71. The maximum absolute atomic E-state index is 12.3. The molecule has 0 aliphatic heterocycles. The maximum atomic E-state index is 12.3. The van der Waals surface area contributed by atoms with Crippen molar-refractivity contribution in [3.05, 3.63) is 69.9 Å². The SMILES string of the molecule is Cc1ccc2[nH]c(C)c(CC(=O)NCc3ccc(Cl)cc3)c2c1. The van der Waals surface area contributed by atoms with Crippen LogP contribution in [0.2, 0.25) is 5.02 Å². The van der Waals surface area contributed by atoms with Crippen LogP contribution in [0.5, 0.6) is 0 Å². The molecule has 2 aromatic carbocycles. The number of aromatic nitrogens is 1. The van der Waals surface area contributed by atoms with Gasteiger partial charge in [-0.1, -0.05) is 35.4 Å². The molecule has 4 heteroatoms. The van der Waals surface area contributed by atoms with Crippen molar-refractivity contribution in [2.24, 2.45) is 0 Å². The Bertz CT molecular complexity index is 850. The summed E-state index contributed by atoms with van der Waals surface area (Å²) in [5.41, 5.74) is 5.42. The van der Waals surface area contributed by atoms with Crippen molar-refractivity contribution < 1.29 is 4.79 Å². The summed E-state index contributed by atoms with van der Waals surface area (Å²) in [5.74, 6) is 0.0189. The number of H-pyrrole nitrogens is 1. The number of aryl methyl sites for hydroxylation is 2. The van der Waals surface area contributed by atoms with Crippen molar-refractivity contribution in [1.82, 2.24) is 10.3 Å². The van der Waals surface area contributed by atoms with Gasteiger partial charge in [0.25, 0.3) is 0 Å². The first-order valence-electron chi connectivity index (χ1n) is 7.62. The highest BCUT2D eigenvalue weighted by atomic mass is 35.5. The first kappa shape index (κ1) is 15.6. The van der Waals surface area contributed by atoms with Crippen molar-refractivity contribution in [2.75, 3.05) is 0 Å². The van der Waals surface area contributed by atoms with Crippen molar-refractivity contribution in [1.29, 1.82) is 0 Å². The summed E-state index contributed by atoms with van der Waals surface area (Å²) in [7, 11) is 0. The average Bonchev–Trinajstić information content (AvgIpc) is 2.82. The van der Waals surface area contributed by atoms with Gasteiger partial charge in [0.2, 0.25) is 5.91 Å². The number of carbonyl (C=O) groups excluding carboxylic acids is 1. The number of nitrogens with one attached hydrogen (secondary N) is 2. The van der Waals surface area contributed by atoms with E-state index in [-0.39, 0.29) is 5.91 Å². The van der Waals surface area contributed by atoms with E-state index in [1.807, 2.05) is 31.2 Å². The number of halogens is 1. The van der Waals surface area contributed by atoms with Crippen LogP contribution in [0.25, 0.3) is 10.9 Å². The zero-order chi connectivity index (χ0) is 16.4. The molecule has 3 nitrogen and oxygen atoms in total. The lowest BCUT2D eigenvalue weighted by Gasteiger charge is -2.06. The molecule has 1 heterocycles. The highest BCUT2D eigenvalue weighted by Gasteiger charge is 2.12. The third kappa shape index (κ3) is 3.57. The number of rotatable bonds is 4. The van der Waals surface area contributed by atoms with Crippen molar-refractivity contribution in [3.63, 3.8) is 0 Å². The van der Waals surface area contributed by atoms with E-state index in [9.17, 15) is 4.79 Å². The van der Waals surface area contributed by atoms with Gasteiger partial charge >= 0.3 is 0 Å². The summed E-state index contributed by atoms with van der Waals surface area (Å²) < 4.78 is 0. The maximum Gasteiger partial charge on any atom is 0.224 e. The molecule has 118 valence electrons. The fourth-order valence-corrected chi connectivity index (χ4v) is 2.88. The fraction of sp³-hybridized carbons (Fsp3) is 0.211. The van der Waals surface area contributed by atoms with Crippen LogP contribution >= 0.6 is 11.6 Å². The molecule has 2 N–H and O–H groups in total. The van der Waals surface area contributed by atoms with E-state index in [1.165, 1.54) is 5.56 Å². The van der Waals surface area contributed by atoms with Crippen molar-refractivity contribution in [3.8, 4) is 0 Å². The Morgan fingerprint density at radius 3 is 2.61 bits per heavy atom. The molecule has 0 radical (unpaired) electrons. The number of carbonyl (C=O) groups is 1. The lowest BCUT2D eigenvalue weighted by molar-refractivity contribution is -0.120. The summed E-state index contributed by atoms with van der Waals surface area (Å²) in [6.45, 7) is 4.58. The molecule has 1 amide bonds. The summed E-state index contributed by atoms with van der Waals surface area (Å²) in [6.07, 6.45) is 0.378. The van der Waals surface area contributed by atoms with Gasteiger partial charge in [-0.25, -0.2) is 0 Å². The van der Waals surface area contributed by atoms with Crippen LogP contribution in [0, 0.1) is 13.8 Å². The molecular formula is C19H19ClN2O. The van der Waals surface area contributed by atoms with E-state index in [0.29, 0.717) is 18.0 Å². The minimum absolute atomic E-state index is 0.0189. The number of benzene rings is 2. The Morgan fingerprint density at radius 1 is 1.13 bits per heavy atom. The highest BCUT2D eigenvalue weighted by Crippen LogP contribution is 2.23. The molecule has 0 bridgehead atoms. The van der Waals surface area contributed by atoms with Gasteiger partial charge in [0.05, 0.1) is 6.42 Å². The molecule has 1 aromatic heterocycles. The number of hydrogen-bond donors (Lipinski definition) is 2. The smallest absolute Gasteiger partial charge is 0.224 e. The Labute approximate surface area is 140 Å². The summed E-state index contributed by atoms with van der Waals surface area (Å²) in [5, 5.41) is 4.80. The standard InChI is InChI=1S/C19H19ClN2O/c1-12-3-8-18-17(9-12)16(13(2)22-18)10-19(23)21-11-14-4-6-15(20)7-5-14/h3-9,22H,10-11H2,1-2H3,(H,21,23). The monoisotopic (exact) mass is 326 g/mol. The third-order valence-corrected chi connectivity index (χ3v) is 4.27. The predicted molar refractivity (Wildman–Crippen MR) is 94.8 cm³/mol. The van der Waals surface area contributed by atoms with E-state index in [2.05, 4.69) is 35.4 Å². The summed E-state index contributed by atoms with van der Waals surface area (Å²) >= 11 is 5.86. The molecule has 3 aromatic rings. The van der Waals surface area contributed by atoms with Crippen LogP contribution in [0.3, 0.4) is 0 Å². The van der Waals surface area contributed by atoms with Crippen LogP contribution in [0.1, 0.15) is 22.4 Å². The van der Waals surface area contributed by atoms with E-state index in [0.717, 1.165) is 27.7 Å². The second-order valence-corrected chi connectivity index (χ2v) is 6.29. The minimum atomic E-state index is 0.0189. The third-order valence-electron chi connectivity index (χ3n) is 4.02. The molecule has 0 aliphatic carbocycles. The van der Waals surface area contributed by atoms with E-state index >= 15 is 0 Å². The van der Waals surface area contributed by atoms with Gasteiger partial charge in [-0.3, -0.25) is 4.79 Å².